The van der Waals surface area contributed by atoms with Crippen molar-refractivity contribution in [2.45, 2.75) is 32.9 Å². The fourth-order valence-electron chi connectivity index (χ4n) is 1.29. The molecule has 4 heteroatoms. The first kappa shape index (κ1) is 12.6. The number of thiazole rings is 1. The van der Waals surface area contributed by atoms with E-state index in [-0.39, 0.29) is 5.54 Å². The fraction of sp³-hybridized carbons (Fsp3) is 0.727. The second-order valence-corrected chi connectivity index (χ2v) is 5.85. The van der Waals surface area contributed by atoms with Crippen LogP contribution in [0.3, 0.4) is 0 Å². The van der Waals surface area contributed by atoms with Gasteiger partial charge in [-0.1, -0.05) is 0 Å². The summed E-state index contributed by atoms with van der Waals surface area (Å²) in [6, 6.07) is 0. The van der Waals surface area contributed by atoms with Crippen LogP contribution in [0, 0.1) is 0 Å². The zero-order valence-corrected chi connectivity index (χ0v) is 10.9. The number of nitrogens with one attached hydrogen (secondary N) is 1. The molecule has 0 atom stereocenters. The van der Waals surface area contributed by atoms with Gasteiger partial charge in [0.2, 0.25) is 0 Å². The van der Waals surface area contributed by atoms with Gasteiger partial charge in [0.05, 0.1) is 5.51 Å². The van der Waals surface area contributed by atoms with Crippen molar-refractivity contribution in [3.05, 3.63) is 16.6 Å². The Morgan fingerprint density at radius 1 is 1.47 bits per heavy atom. The van der Waals surface area contributed by atoms with Crippen LogP contribution in [0.5, 0.6) is 0 Å². The summed E-state index contributed by atoms with van der Waals surface area (Å²) < 4.78 is 0. The van der Waals surface area contributed by atoms with Gasteiger partial charge >= 0.3 is 0 Å². The van der Waals surface area contributed by atoms with Crippen molar-refractivity contribution in [3.8, 4) is 0 Å². The molecule has 1 N–H and O–H groups in total. The third kappa shape index (κ3) is 5.87. The van der Waals surface area contributed by atoms with Gasteiger partial charge in [-0.25, -0.2) is 0 Å². The Balaban J connectivity index is 2.17. The molecule has 1 heterocycles. The molecule has 0 aromatic carbocycles. The van der Waals surface area contributed by atoms with Crippen molar-refractivity contribution in [2.24, 2.45) is 0 Å². The molecule has 15 heavy (non-hydrogen) atoms. The molecule has 0 unspecified atom stereocenters. The summed E-state index contributed by atoms with van der Waals surface area (Å²) in [5.41, 5.74) is 2.10. The molecule has 1 rings (SSSR count). The molecule has 0 spiro atoms. The molecule has 1 aromatic heterocycles. The van der Waals surface area contributed by atoms with E-state index >= 15 is 0 Å². The molecule has 0 bridgehead atoms. The minimum atomic E-state index is 0.214. The lowest BCUT2D eigenvalue weighted by atomic mass is 10.1. The quantitative estimate of drug-likeness (QED) is 0.833. The zero-order valence-electron chi connectivity index (χ0n) is 10.1. The van der Waals surface area contributed by atoms with Crippen molar-refractivity contribution in [1.29, 1.82) is 0 Å². The second kappa shape index (κ2) is 5.58. The van der Waals surface area contributed by atoms with E-state index in [0.29, 0.717) is 0 Å². The highest BCUT2D eigenvalue weighted by Crippen LogP contribution is 2.07. The van der Waals surface area contributed by atoms with E-state index in [1.807, 2.05) is 11.7 Å². The van der Waals surface area contributed by atoms with Crippen molar-refractivity contribution in [2.75, 3.05) is 20.1 Å². The van der Waals surface area contributed by atoms with Crippen LogP contribution in [-0.4, -0.2) is 35.6 Å². The lowest BCUT2D eigenvalue weighted by Gasteiger charge is -2.23. The number of nitrogens with zero attached hydrogens (tertiary/aromatic N) is 2. The molecular weight excluding hydrogens is 206 g/mol. The predicted octanol–water partition coefficient (Wildman–Crippen LogP) is 1.96. The van der Waals surface area contributed by atoms with Crippen LogP contribution in [0.25, 0.3) is 0 Å². The molecule has 0 saturated heterocycles. The molecule has 0 saturated carbocycles. The summed E-state index contributed by atoms with van der Waals surface area (Å²) >= 11 is 1.72. The molecule has 0 radical (unpaired) electrons. The monoisotopic (exact) mass is 227 g/mol. The Morgan fingerprint density at radius 3 is 2.73 bits per heavy atom. The van der Waals surface area contributed by atoms with Crippen LogP contribution in [-0.2, 0) is 6.54 Å². The number of likely N-dealkylation sites (N-methyl/N-ethyl adjacent to an activating group) is 1. The minimum absolute atomic E-state index is 0.214. The Labute approximate surface area is 96.5 Å². The maximum absolute atomic E-state index is 4.07. The number of hydrogen-bond acceptors (Lipinski definition) is 4. The number of rotatable bonds is 5. The van der Waals surface area contributed by atoms with Gasteiger partial charge in [0, 0.05) is 36.2 Å². The van der Waals surface area contributed by atoms with E-state index in [0.717, 1.165) is 19.6 Å². The second-order valence-electron chi connectivity index (χ2n) is 4.88. The molecule has 3 nitrogen and oxygen atoms in total. The van der Waals surface area contributed by atoms with Gasteiger partial charge in [0.1, 0.15) is 0 Å². The average Bonchev–Trinajstić information content (AvgIpc) is 2.54. The van der Waals surface area contributed by atoms with Crippen molar-refractivity contribution >= 4 is 11.3 Å². The summed E-state index contributed by atoms with van der Waals surface area (Å²) in [6.45, 7) is 9.66. The predicted molar refractivity (Wildman–Crippen MR) is 66.2 cm³/mol. The van der Waals surface area contributed by atoms with Crippen molar-refractivity contribution in [3.63, 3.8) is 0 Å². The van der Waals surface area contributed by atoms with E-state index in [1.54, 1.807) is 11.3 Å². The number of aromatic nitrogens is 1. The van der Waals surface area contributed by atoms with Gasteiger partial charge in [-0.3, -0.25) is 9.88 Å². The first-order valence-electron chi connectivity index (χ1n) is 5.28. The van der Waals surface area contributed by atoms with E-state index in [9.17, 15) is 0 Å². The molecule has 0 aliphatic rings. The van der Waals surface area contributed by atoms with Gasteiger partial charge in [-0.05, 0) is 27.8 Å². The van der Waals surface area contributed by atoms with Crippen LogP contribution in [0.15, 0.2) is 11.7 Å². The van der Waals surface area contributed by atoms with Crippen molar-refractivity contribution < 1.29 is 0 Å². The summed E-state index contributed by atoms with van der Waals surface area (Å²) in [7, 11) is 2.14. The molecular formula is C11H21N3S. The molecule has 0 fully saturated rings. The Bertz CT molecular complexity index is 264. The normalized spacial score (nSPS) is 12.3. The molecule has 86 valence electrons. The summed E-state index contributed by atoms with van der Waals surface area (Å²) in [5, 5.41) is 3.48. The molecule has 0 aliphatic heterocycles. The van der Waals surface area contributed by atoms with Gasteiger partial charge in [-0.15, -0.1) is 11.3 Å². The van der Waals surface area contributed by atoms with Crippen molar-refractivity contribution in [1.82, 2.24) is 15.2 Å². The zero-order chi connectivity index (χ0) is 11.3. The summed E-state index contributed by atoms with van der Waals surface area (Å²) in [5.74, 6) is 0. The summed E-state index contributed by atoms with van der Waals surface area (Å²) in [4.78, 5) is 7.71. The Kier molecular flexibility index (Phi) is 4.70. The van der Waals surface area contributed by atoms with E-state index in [4.69, 9.17) is 0 Å². The average molecular weight is 227 g/mol. The lowest BCUT2D eigenvalue weighted by molar-refractivity contribution is 0.305. The summed E-state index contributed by atoms with van der Waals surface area (Å²) in [6.07, 6.45) is 1.94. The highest BCUT2D eigenvalue weighted by Gasteiger charge is 2.08. The van der Waals surface area contributed by atoms with E-state index in [1.165, 1.54) is 4.88 Å². The van der Waals surface area contributed by atoms with Crippen LogP contribution in [0.1, 0.15) is 25.6 Å². The van der Waals surface area contributed by atoms with Gasteiger partial charge < -0.3 is 5.32 Å². The van der Waals surface area contributed by atoms with Gasteiger partial charge in [-0.2, -0.15) is 0 Å². The van der Waals surface area contributed by atoms with Crippen LogP contribution in [0.4, 0.5) is 0 Å². The van der Waals surface area contributed by atoms with Gasteiger partial charge in [0.15, 0.2) is 0 Å². The smallest absolute Gasteiger partial charge is 0.0794 e. The lowest BCUT2D eigenvalue weighted by Crippen LogP contribution is -2.40. The van der Waals surface area contributed by atoms with Gasteiger partial charge in [0.25, 0.3) is 0 Å². The SMILES string of the molecule is CN(CCNC(C)(C)C)Cc1cncs1. The van der Waals surface area contributed by atoms with Crippen LogP contribution >= 0.6 is 11.3 Å². The first-order valence-corrected chi connectivity index (χ1v) is 6.16. The molecule has 1 aromatic rings. The number of hydrogen-bond donors (Lipinski definition) is 1. The third-order valence-electron chi connectivity index (χ3n) is 2.06. The highest BCUT2D eigenvalue weighted by molar-refractivity contribution is 7.09. The van der Waals surface area contributed by atoms with Crippen LogP contribution < -0.4 is 5.32 Å². The highest BCUT2D eigenvalue weighted by atomic mass is 32.1. The standard InChI is InChI=1S/C11H21N3S/c1-11(2,3)13-5-6-14(4)8-10-7-12-9-15-10/h7,9,13H,5-6,8H2,1-4H3. The van der Waals surface area contributed by atoms with E-state index < -0.39 is 0 Å². The maximum atomic E-state index is 4.07. The third-order valence-corrected chi connectivity index (χ3v) is 2.82. The molecule has 0 amide bonds. The Morgan fingerprint density at radius 2 is 2.20 bits per heavy atom. The van der Waals surface area contributed by atoms with Crippen LogP contribution in [0.2, 0.25) is 0 Å². The first-order chi connectivity index (χ1) is 6.97. The topological polar surface area (TPSA) is 28.2 Å². The maximum Gasteiger partial charge on any atom is 0.0794 e. The minimum Gasteiger partial charge on any atom is -0.311 e. The van der Waals surface area contributed by atoms with E-state index in [2.05, 4.69) is 43.0 Å². The Hall–Kier alpha value is -0.450. The fourth-order valence-corrected chi connectivity index (χ4v) is 1.96. The largest absolute Gasteiger partial charge is 0.311 e. The molecule has 0 aliphatic carbocycles.